The van der Waals surface area contributed by atoms with Gasteiger partial charge in [0.1, 0.15) is 5.75 Å². The van der Waals surface area contributed by atoms with Crippen molar-refractivity contribution in [1.82, 2.24) is 10.6 Å². The first-order chi connectivity index (χ1) is 13.2. The second kappa shape index (κ2) is 9.02. The third-order valence-electron chi connectivity index (χ3n) is 5.04. The molecule has 2 aromatic rings. The van der Waals surface area contributed by atoms with Gasteiger partial charge in [-0.1, -0.05) is 31.5 Å². The van der Waals surface area contributed by atoms with Gasteiger partial charge >= 0.3 is 5.97 Å². The van der Waals surface area contributed by atoms with Crippen molar-refractivity contribution in [2.75, 3.05) is 20.8 Å². The molecule has 2 atom stereocenters. The van der Waals surface area contributed by atoms with Crippen LogP contribution >= 0.6 is 0 Å². The van der Waals surface area contributed by atoms with E-state index in [0.29, 0.717) is 5.56 Å². The Kier molecular flexibility index (Phi) is 6.48. The first kappa shape index (κ1) is 19.4. The van der Waals surface area contributed by atoms with Crippen LogP contribution in [0.25, 0.3) is 0 Å². The smallest absolute Gasteiger partial charge is 0.337 e. The van der Waals surface area contributed by atoms with Crippen molar-refractivity contribution in [2.24, 2.45) is 0 Å². The predicted molar refractivity (Wildman–Crippen MR) is 106 cm³/mol. The molecule has 0 saturated carbocycles. The number of hydrogen-bond acceptors (Lipinski definition) is 5. The number of methoxy groups -OCH3 is 2. The summed E-state index contributed by atoms with van der Waals surface area (Å²) in [5, 5.41) is 7.33. The molecule has 1 heterocycles. The number of carbonyl (C=O) groups excluding carboxylic acids is 1. The summed E-state index contributed by atoms with van der Waals surface area (Å²) in [6.07, 6.45) is 3.43. The number of ether oxygens (including phenoxy) is 2. The van der Waals surface area contributed by atoms with Crippen LogP contribution in [0.3, 0.4) is 0 Å². The summed E-state index contributed by atoms with van der Waals surface area (Å²) in [6, 6.07) is 13.9. The summed E-state index contributed by atoms with van der Waals surface area (Å²) in [7, 11) is 3.10. The van der Waals surface area contributed by atoms with Crippen molar-refractivity contribution in [3.05, 3.63) is 64.7 Å². The minimum absolute atomic E-state index is 0.0606. The predicted octanol–water partition coefficient (Wildman–Crippen LogP) is 3.43. The first-order valence-corrected chi connectivity index (χ1v) is 9.50. The van der Waals surface area contributed by atoms with E-state index >= 15 is 0 Å². The van der Waals surface area contributed by atoms with E-state index in [9.17, 15) is 4.79 Å². The summed E-state index contributed by atoms with van der Waals surface area (Å²) in [5.74, 6) is 0.560. The van der Waals surface area contributed by atoms with Gasteiger partial charge in [0.25, 0.3) is 0 Å². The Labute approximate surface area is 161 Å². The van der Waals surface area contributed by atoms with Gasteiger partial charge in [0.05, 0.1) is 32.0 Å². The van der Waals surface area contributed by atoms with Crippen LogP contribution in [-0.2, 0) is 11.2 Å². The number of fused-ring (bicyclic) bond motifs is 1. The van der Waals surface area contributed by atoms with Crippen LogP contribution < -0.4 is 15.4 Å². The fourth-order valence-corrected chi connectivity index (χ4v) is 3.53. The lowest BCUT2D eigenvalue weighted by molar-refractivity contribution is 0.0600. The third-order valence-corrected chi connectivity index (χ3v) is 5.04. The molecule has 0 saturated heterocycles. The van der Waals surface area contributed by atoms with Gasteiger partial charge in [-0.25, -0.2) is 4.79 Å². The van der Waals surface area contributed by atoms with Crippen LogP contribution in [-0.4, -0.2) is 32.9 Å². The van der Waals surface area contributed by atoms with Crippen LogP contribution in [0.4, 0.5) is 0 Å². The second-order valence-electron chi connectivity index (χ2n) is 6.84. The lowest BCUT2D eigenvalue weighted by Gasteiger charge is -2.34. The molecule has 0 unspecified atom stereocenters. The van der Waals surface area contributed by atoms with Gasteiger partial charge < -0.3 is 14.8 Å². The highest BCUT2D eigenvalue weighted by Crippen LogP contribution is 2.32. The Bertz CT molecular complexity index is 774. The Morgan fingerprint density at radius 2 is 1.96 bits per heavy atom. The highest BCUT2D eigenvalue weighted by atomic mass is 16.5. The van der Waals surface area contributed by atoms with Crippen molar-refractivity contribution in [2.45, 2.75) is 38.4 Å². The summed E-state index contributed by atoms with van der Waals surface area (Å²) < 4.78 is 10.2. The van der Waals surface area contributed by atoms with Gasteiger partial charge in [-0.05, 0) is 53.9 Å². The van der Waals surface area contributed by atoms with E-state index in [1.807, 2.05) is 30.3 Å². The van der Waals surface area contributed by atoms with E-state index in [2.05, 4.69) is 29.7 Å². The molecule has 0 radical (unpaired) electrons. The van der Waals surface area contributed by atoms with Gasteiger partial charge in [0.2, 0.25) is 0 Å². The molecular weight excluding hydrogens is 340 g/mol. The molecule has 0 aromatic heterocycles. The third kappa shape index (κ3) is 4.49. The van der Waals surface area contributed by atoms with Crippen molar-refractivity contribution in [3.63, 3.8) is 0 Å². The molecule has 5 nitrogen and oxygen atoms in total. The van der Waals surface area contributed by atoms with Crippen molar-refractivity contribution < 1.29 is 14.3 Å². The monoisotopic (exact) mass is 368 g/mol. The van der Waals surface area contributed by atoms with E-state index < -0.39 is 0 Å². The molecule has 1 aliphatic heterocycles. The van der Waals surface area contributed by atoms with Gasteiger partial charge in [0.15, 0.2) is 0 Å². The molecule has 27 heavy (non-hydrogen) atoms. The fraction of sp³-hybridized carbons (Fsp3) is 0.409. The summed E-state index contributed by atoms with van der Waals surface area (Å²) in [5.41, 5.74) is 4.21. The van der Waals surface area contributed by atoms with E-state index in [1.165, 1.54) is 24.7 Å². The maximum Gasteiger partial charge on any atom is 0.337 e. The van der Waals surface area contributed by atoms with Crippen molar-refractivity contribution in [3.8, 4) is 5.75 Å². The van der Waals surface area contributed by atoms with Gasteiger partial charge in [-0.3, -0.25) is 5.32 Å². The summed E-state index contributed by atoms with van der Waals surface area (Å²) in [6.45, 7) is 3.18. The number of hydrogen-bond donors (Lipinski definition) is 2. The molecule has 2 N–H and O–H groups in total. The number of benzene rings is 2. The fourth-order valence-electron chi connectivity index (χ4n) is 3.53. The Balaban J connectivity index is 1.89. The number of nitrogens with one attached hydrogen (secondary N) is 2. The number of esters is 1. The molecule has 0 bridgehead atoms. The summed E-state index contributed by atoms with van der Waals surface area (Å²) >= 11 is 0. The molecule has 0 amide bonds. The summed E-state index contributed by atoms with van der Waals surface area (Å²) in [4.78, 5) is 11.7. The molecule has 3 rings (SSSR count). The molecule has 0 spiro atoms. The van der Waals surface area contributed by atoms with E-state index in [1.54, 1.807) is 7.11 Å². The number of carbonyl (C=O) groups is 1. The Morgan fingerprint density at radius 1 is 1.19 bits per heavy atom. The average Bonchev–Trinajstić information content (AvgIpc) is 2.72. The minimum Gasteiger partial charge on any atom is -0.497 e. The Morgan fingerprint density at radius 3 is 2.63 bits per heavy atom. The Hall–Kier alpha value is -2.37. The number of unbranched alkanes of at least 4 members (excludes halogenated alkanes) is 1. The molecule has 144 valence electrons. The van der Waals surface area contributed by atoms with Gasteiger partial charge in [-0.2, -0.15) is 0 Å². The lowest BCUT2D eigenvalue weighted by Crippen LogP contribution is -2.49. The standard InChI is InChI=1S/C22H28N2O3/c1-4-5-12-23-20-14-17-13-18(26-2)10-11-19(17)21(24-20)15-6-8-16(9-7-15)22(25)27-3/h6-11,13,20-21,23-24H,4-5,12,14H2,1-3H3/t20-,21+/m1/s1. The normalized spacial score (nSPS) is 18.6. The van der Waals surface area contributed by atoms with E-state index in [-0.39, 0.29) is 18.2 Å². The SMILES string of the molecule is CCCCN[C@H]1Cc2cc(OC)ccc2[C@H](c2ccc(C(=O)OC)cc2)N1. The van der Waals surface area contributed by atoms with Crippen LogP contribution in [0.2, 0.25) is 0 Å². The molecule has 0 aliphatic carbocycles. The van der Waals surface area contributed by atoms with Crippen LogP contribution in [0, 0.1) is 0 Å². The topological polar surface area (TPSA) is 59.6 Å². The highest BCUT2D eigenvalue weighted by molar-refractivity contribution is 5.89. The molecule has 5 heteroatoms. The highest BCUT2D eigenvalue weighted by Gasteiger charge is 2.27. The molecule has 2 aromatic carbocycles. The maximum absolute atomic E-state index is 11.7. The lowest BCUT2D eigenvalue weighted by atomic mass is 9.88. The van der Waals surface area contributed by atoms with Gasteiger partial charge in [0, 0.05) is 6.42 Å². The zero-order chi connectivity index (χ0) is 19.2. The number of rotatable bonds is 7. The molecule has 0 fully saturated rings. The largest absolute Gasteiger partial charge is 0.497 e. The quantitative estimate of drug-likeness (QED) is 0.579. The average molecular weight is 368 g/mol. The second-order valence-corrected chi connectivity index (χ2v) is 6.84. The van der Waals surface area contributed by atoms with E-state index in [0.717, 1.165) is 30.7 Å². The van der Waals surface area contributed by atoms with Crippen molar-refractivity contribution >= 4 is 5.97 Å². The van der Waals surface area contributed by atoms with Crippen LogP contribution in [0.15, 0.2) is 42.5 Å². The maximum atomic E-state index is 11.7. The van der Waals surface area contributed by atoms with E-state index in [4.69, 9.17) is 9.47 Å². The molecular formula is C22H28N2O3. The zero-order valence-electron chi connectivity index (χ0n) is 16.2. The van der Waals surface area contributed by atoms with Crippen LogP contribution in [0.1, 0.15) is 52.9 Å². The first-order valence-electron chi connectivity index (χ1n) is 9.50. The molecule has 1 aliphatic rings. The van der Waals surface area contributed by atoms with Crippen LogP contribution in [0.5, 0.6) is 5.75 Å². The minimum atomic E-state index is -0.317. The van der Waals surface area contributed by atoms with Crippen molar-refractivity contribution in [1.29, 1.82) is 0 Å². The zero-order valence-corrected chi connectivity index (χ0v) is 16.2. The van der Waals surface area contributed by atoms with Gasteiger partial charge in [-0.15, -0.1) is 0 Å².